The van der Waals surface area contributed by atoms with Gasteiger partial charge in [-0.25, -0.2) is 13.6 Å². The van der Waals surface area contributed by atoms with E-state index in [1.54, 1.807) is 24.3 Å². The van der Waals surface area contributed by atoms with Gasteiger partial charge in [0, 0.05) is 11.4 Å². The first-order valence-electron chi connectivity index (χ1n) is 5.66. The largest absolute Gasteiger partial charge is 0.494 e. The Labute approximate surface area is 125 Å². The first-order valence-corrected chi connectivity index (χ1v) is 8.56. The number of primary sulfonamides is 1. The van der Waals surface area contributed by atoms with Crippen molar-refractivity contribution in [2.75, 3.05) is 12.5 Å². The van der Waals surface area contributed by atoms with E-state index < -0.39 is 10.0 Å². The Bertz CT molecular complexity index is 670. The highest BCUT2D eigenvalue weighted by Crippen LogP contribution is 2.26. The molecular weight excluding hydrogens is 322 g/mol. The van der Waals surface area contributed by atoms with Crippen LogP contribution in [0.2, 0.25) is 0 Å². The maximum absolute atomic E-state index is 11.1. The molecule has 0 aliphatic heterocycles. The summed E-state index contributed by atoms with van der Waals surface area (Å²) in [4.78, 5) is 0. The summed E-state index contributed by atoms with van der Waals surface area (Å²) in [6.45, 7) is 0.553. The molecule has 9 heteroatoms. The Hall–Kier alpha value is -1.22. The minimum atomic E-state index is -3.81. The van der Waals surface area contributed by atoms with Gasteiger partial charge in [-0.2, -0.15) is 0 Å². The Morgan fingerprint density at radius 1 is 1.25 bits per heavy atom. The summed E-state index contributed by atoms with van der Waals surface area (Å²) >= 11 is 6.49. The fourth-order valence-electron chi connectivity index (χ4n) is 1.38. The number of aromatic nitrogens is 2. The highest BCUT2D eigenvalue weighted by Gasteiger charge is 2.15. The molecule has 1 heterocycles. The summed E-state index contributed by atoms with van der Waals surface area (Å²) in [5, 5.41) is 12.8. The molecular formula is C11H12ClN3O3S2. The molecule has 0 aliphatic carbocycles. The van der Waals surface area contributed by atoms with Crippen molar-refractivity contribution in [1.82, 2.24) is 10.2 Å². The minimum absolute atomic E-state index is 0.199. The second-order valence-corrected chi connectivity index (χ2v) is 6.92. The fourth-order valence-corrected chi connectivity index (χ4v) is 2.93. The fraction of sp³-hybridized carbons (Fsp3) is 0.273. The number of hydrogen-bond donors (Lipinski definition) is 1. The van der Waals surface area contributed by atoms with Crippen molar-refractivity contribution in [3.63, 3.8) is 0 Å². The highest BCUT2D eigenvalue weighted by molar-refractivity contribution is 7.91. The van der Waals surface area contributed by atoms with Gasteiger partial charge in [0.1, 0.15) is 10.8 Å². The van der Waals surface area contributed by atoms with E-state index in [-0.39, 0.29) is 4.34 Å². The summed E-state index contributed by atoms with van der Waals surface area (Å²) in [6.07, 6.45) is 0.775. The Morgan fingerprint density at radius 3 is 2.50 bits per heavy atom. The van der Waals surface area contributed by atoms with Gasteiger partial charge in [0.05, 0.1) is 6.61 Å². The van der Waals surface area contributed by atoms with Gasteiger partial charge in [0.15, 0.2) is 0 Å². The third-order valence-electron chi connectivity index (χ3n) is 2.30. The monoisotopic (exact) mass is 333 g/mol. The van der Waals surface area contributed by atoms with Crippen LogP contribution >= 0.6 is 22.9 Å². The molecule has 2 rings (SSSR count). The maximum Gasteiger partial charge on any atom is 0.267 e. The summed E-state index contributed by atoms with van der Waals surface area (Å²) in [6, 6.07) is 7.12. The van der Waals surface area contributed by atoms with Crippen molar-refractivity contribution in [2.24, 2.45) is 5.14 Å². The molecule has 20 heavy (non-hydrogen) atoms. The average Bonchev–Trinajstić information content (AvgIpc) is 2.89. The standard InChI is InChI=1S/C11H12ClN3O3S2/c12-6-1-7-18-9-4-2-8(3-5-9)10-14-15-11(19-10)20(13,16)17/h2-5H,1,6-7H2,(H2,13,16,17). The van der Waals surface area contributed by atoms with Crippen molar-refractivity contribution in [2.45, 2.75) is 10.8 Å². The van der Waals surface area contributed by atoms with Crippen LogP contribution in [0.25, 0.3) is 10.6 Å². The van der Waals surface area contributed by atoms with E-state index in [0.29, 0.717) is 17.5 Å². The van der Waals surface area contributed by atoms with Crippen molar-refractivity contribution in [3.8, 4) is 16.3 Å². The Balaban J connectivity index is 2.12. The average molecular weight is 334 g/mol. The van der Waals surface area contributed by atoms with Crippen LogP contribution in [0.15, 0.2) is 28.6 Å². The molecule has 6 nitrogen and oxygen atoms in total. The lowest BCUT2D eigenvalue weighted by Crippen LogP contribution is -2.11. The van der Waals surface area contributed by atoms with Crippen LogP contribution in [0.4, 0.5) is 0 Å². The smallest absolute Gasteiger partial charge is 0.267 e. The summed E-state index contributed by atoms with van der Waals surface area (Å²) in [5.74, 6) is 1.27. The number of ether oxygens (including phenoxy) is 1. The van der Waals surface area contributed by atoms with E-state index in [9.17, 15) is 8.42 Å². The van der Waals surface area contributed by atoms with Gasteiger partial charge in [-0.15, -0.1) is 21.8 Å². The zero-order valence-corrected chi connectivity index (χ0v) is 12.7. The Morgan fingerprint density at radius 2 is 1.95 bits per heavy atom. The first kappa shape index (κ1) is 15.2. The number of nitrogens with zero attached hydrogens (tertiary/aromatic N) is 2. The lowest BCUT2D eigenvalue weighted by molar-refractivity contribution is 0.318. The van der Waals surface area contributed by atoms with Crippen LogP contribution in [-0.4, -0.2) is 31.1 Å². The minimum Gasteiger partial charge on any atom is -0.494 e. The van der Waals surface area contributed by atoms with Gasteiger partial charge >= 0.3 is 0 Å². The molecule has 108 valence electrons. The van der Waals surface area contributed by atoms with Gasteiger partial charge in [-0.1, -0.05) is 11.3 Å². The molecule has 0 bridgehead atoms. The predicted molar refractivity (Wildman–Crippen MR) is 77.6 cm³/mol. The first-order chi connectivity index (χ1) is 9.50. The number of halogens is 1. The van der Waals surface area contributed by atoms with Gasteiger partial charge < -0.3 is 4.74 Å². The maximum atomic E-state index is 11.1. The van der Waals surface area contributed by atoms with Crippen molar-refractivity contribution < 1.29 is 13.2 Å². The van der Waals surface area contributed by atoms with E-state index in [0.717, 1.165) is 29.1 Å². The molecule has 0 saturated heterocycles. The molecule has 1 aromatic heterocycles. The lowest BCUT2D eigenvalue weighted by atomic mass is 10.2. The molecule has 0 fully saturated rings. The summed E-state index contributed by atoms with van der Waals surface area (Å²) in [5.41, 5.74) is 0.752. The van der Waals surface area contributed by atoms with Crippen LogP contribution in [0.3, 0.4) is 0 Å². The van der Waals surface area contributed by atoms with Crippen LogP contribution in [0, 0.1) is 0 Å². The van der Waals surface area contributed by atoms with Crippen molar-refractivity contribution >= 4 is 33.0 Å². The Kier molecular flexibility index (Phi) is 4.92. The number of sulfonamides is 1. The normalized spacial score (nSPS) is 11.5. The molecule has 0 saturated carbocycles. The summed E-state index contributed by atoms with van der Waals surface area (Å²) < 4.78 is 27.5. The van der Waals surface area contributed by atoms with E-state index in [1.165, 1.54) is 0 Å². The molecule has 0 unspecified atom stereocenters. The summed E-state index contributed by atoms with van der Waals surface area (Å²) in [7, 11) is -3.81. The van der Waals surface area contributed by atoms with E-state index >= 15 is 0 Å². The molecule has 1 aromatic carbocycles. The van der Waals surface area contributed by atoms with Crippen molar-refractivity contribution in [1.29, 1.82) is 0 Å². The molecule has 0 atom stereocenters. The SMILES string of the molecule is NS(=O)(=O)c1nnc(-c2ccc(OCCCCl)cc2)s1. The van der Waals surface area contributed by atoms with E-state index in [2.05, 4.69) is 10.2 Å². The third-order valence-corrected chi connectivity index (χ3v) is 4.85. The lowest BCUT2D eigenvalue weighted by Gasteiger charge is -2.04. The van der Waals surface area contributed by atoms with Crippen LogP contribution < -0.4 is 9.88 Å². The zero-order valence-electron chi connectivity index (χ0n) is 10.3. The molecule has 0 aliphatic rings. The van der Waals surface area contributed by atoms with E-state index in [4.69, 9.17) is 21.5 Å². The zero-order chi connectivity index (χ0) is 14.6. The third kappa shape index (κ3) is 3.89. The van der Waals surface area contributed by atoms with Crippen molar-refractivity contribution in [3.05, 3.63) is 24.3 Å². The number of nitrogens with two attached hydrogens (primary N) is 1. The van der Waals surface area contributed by atoms with Gasteiger partial charge in [0.25, 0.3) is 10.0 Å². The van der Waals surface area contributed by atoms with Crippen LogP contribution in [0.1, 0.15) is 6.42 Å². The number of hydrogen-bond acceptors (Lipinski definition) is 6. The quantitative estimate of drug-likeness (QED) is 0.643. The van der Waals surface area contributed by atoms with Gasteiger partial charge in [-0.3, -0.25) is 0 Å². The number of rotatable bonds is 6. The second kappa shape index (κ2) is 6.49. The molecule has 0 spiro atoms. The number of benzene rings is 1. The van der Waals surface area contributed by atoms with E-state index in [1.807, 2.05) is 0 Å². The number of alkyl halides is 1. The van der Waals surface area contributed by atoms with Gasteiger partial charge in [-0.05, 0) is 30.7 Å². The molecule has 2 N–H and O–H groups in total. The molecule has 0 radical (unpaired) electrons. The molecule has 0 amide bonds. The molecule has 2 aromatic rings. The predicted octanol–water partition coefficient (Wildman–Crippen LogP) is 1.86. The van der Waals surface area contributed by atoms with Crippen LogP contribution in [0.5, 0.6) is 5.75 Å². The van der Waals surface area contributed by atoms with Crippen LogP contribution in [-0.2, 0) is 10.0 Å². The topological polar surface area (TPSA) is 95.2 Å². The highest BCUT2D eigenvalue weighted by atomic mass is 35.5. The second-order valence-electron chi connectivity index (χ2n) is 3.83. The van der Waals surface area contributed by atoms with Gasteiger partial charge in [0.2, 0.25) is 4.34 Å².